The van der Waals surface area contributed by atoms with Crippen molar-refractivity contribution in [3.63, 3.8) is 0 Å². The van der Waals surface area contributed by atoms with E-state index in [-0.39, 0.29) is 23.2 Å². The van der Waals surface area contributed by atoms with Crippen molar-refractivity contribution in [2.45, 2.75) is 19.9 Å². The highest BCUT2D eigenvalue weighted by atomic mass is 32.1. The van der Waals surface area contributed by atoms with Gasteiger partial charge in [-0.1, -0.05) is 6.92 Å². The minimum atomic E-state index is -0.607. The number of nitrogens with zero attached hydrogens (tertiary/aromatic N) is 2. The predicted molar refractivity (Wildman–Crippen MR) is 114 cm³/mol. The summed E-state index contributed by atoms with van der Waals surface area (Å²) in [6, 6.07) is 7.16. The van der Waals surface area contributed by atoms with E-state index >= 15 is 0 Å². The van der Waals surface area contributed by atoms with E-state index in [1.165, 1.54) is 9.47 Å². The van der Waals surface area contributed by atoms with Crippen molar-refractivity contribution in [3.8, 4) is 5.75 Å². The van der Waals surface area contributed by atoms with Gasteiger partial charge < -0.3 is 25.4 Å². The van der Waals surface area contributed by atoms with Crippen molar-refractivity contribution in [3.05, 3.63) is 45.1 Å². The molecule has 0 fully saturated rings. The van der Waals surface area contributed by atoms with Crippen molar-refractivity contribution in [2.75, 3.05) is 43.3 Å². The number of aromatic nitrogens is 2. The Morgan fingerprint density at radius 1 is 1.29 bits per heavy atom. The van der Waals surface area contributed by atoms with E-state index in [1.807, 2.05) is 6.92 Å². The van der Waals surface area contributed by atoms with Gasteiger partial charge in [0.05, 0.1) is 13.7 Å². The number of methoxy groups -OCH3 is 2. The molecule has 9 nitrogen and oxygen atoms in total. The molecule has 4 N–H and O–H groups in total. The third-order valence-electron chi connectivity index (χ3n) is 4.04. The first-order chi connectivity index (χ1) is 13.4. The maximum absolute atomic E-state index is 12.5. The van der Waals surface area contributed by atoms with E-state index in [4.69, 9.17) is 27.4 Å². The van der Waals surface area contributed by atoms with Crippen LogP contribution in [0.15, 0.2) is 33.9 Å². The molecule has 1 heterocycles. The van der Waals surface area contributed by atoms with Crippen molar-refractivity contribution in [1.29, 1.82) is 0 Å². The summed E-state index contributed by atoms with van der Waals surface area (Å²) in [5.41, 5.74) is 5.84. The highest BCUT2D eigenvalue weighted by Gasteiger charge is 2.22. The number of nitrogens with one attached hydrogen (secondary N) is 2. The van der Waals surface area contributed by atoms with Crippen LogP contribution in [0.2, 0.25) is 0 Å². The summed E-state index contributed by atoms with van der Waals surface area (Å²) < 4.78 is 11.6. The topological polar surface area (TPSA) is 115 Å². The fraction of sp³-hybridized carbons (Fsp3) is 0.389. The van der Waals surface area contributed by atoms with Crippen LogP contribution in [0.1, 0.15) is 13.3 Å². The second-order valence-electron chi connectivity index (χ2n) is 5.95. The molecule has 10 heteroatoms. The summed E-state index contributed by atoms with van der Waals surface area (Å²) >= 11 is 5.51. The van der Waals surface area contributed by atoms with Crippen LogP contribution < -0.4 is 31.9 Å². The Morgan fingerprint density at radius 2 is 1.96 bits per heavy atom. The molecule has 0 aliphatic carbocycles. The third kappa shape index (κ3) is 4.90. The Kier molecular flexibility index (Phi) is 7.59. The van der Waals surface area contributed by atoms with Crippen LogP contribution in [0.5, 0.6) is 5.75 Å². The molecule has 0 aliphatic rings. The summed E-state index contributed by atoms with van der Waals surface area (Å²) in [6.07, 6.45) is 0.683. The molecule has 2 aromatic rings. The molecule has 1 aromatic heterocycles. The van der Waals surface area contributed by atoms with Crippen LogP contribution >= 0.6 is 12.2 Å². The van der Waals surface area contributed by atoms with Gasteiger partial charge >= 0.3 is 5.69 Å². The second-order valence-corrected chi connectivity index (χ2v) is 6.33. The lowest BCUT2D eigenvalue weighted by Crippen LogP contribution is -2.44. The van der Waals surface area contributed by atoms with Crippen LogP contribution in [0, 0.1) is 0 Å². The van der Waals surface area contributed by atoms with E-state index in [1.54, 1.807) is 38.5 Å². The lowest BCUT2D eigenvalue weighted by molar-refractivity contribution is 0.208. The second kappa shape index (κ2) is 9.90. The van der Waals surface area contributed by atoms with Gasteiger partial charge in [-0.05, 0) is 42.9 Å². The number of aromatic amines is 1. The zero-order valence-electron chi connectivity index (χ0n) is 16.2. The average molecular weight is 407 g/mol. The van der Waals surface area contributed by atoms with Crippen molar-refractivity contribution < 1.29 is 9.47 Å². The Bertz CT molecular complexity index is 923. The van der Waals surface area contributed by atoms with Crippen molar-refractivity contribution in [1.82, 2.24) is 9.55 Å². The minimum Gasteiger partial charge on any atom is -0.497 e. The fourth-order valence-electron chi connectivity index (χ4n) is 2.65. The quantitative estimate of drug-likeness (QED) is 0.563. The van der Waals surface area contributed by atoms with Crippen LogP contribution in [-0.4, -0.2) is 42.0 Å². The summed E-state index contributed by atoms with van der Waals surface area (Å²) in [5.74, 6) is 0.769. The molecule has 1 aromatic carbocycles. The summed E-state index contributed by atoms with van der Waals surface area (Å²) in [7, 11) is 3.13. The first-order valence-corrected chi connectivity index (χ1v) is 9.17. The monoisotopic (exact) mass is 407 g/mol. The molecule has 0 radical (unpaired) electrons. The number of H-pyrrole nitrogens is 1. The number of rotatable bonds is 8. The standard InChI is InChI=1S/C18H25N5O4S/c1-4-9-23-15(19)14(16(24)21-17(23)25)22(10-11-26-2)18(28)20-12-5-7-13(27-3)8-6-12/h5-8H,4,9-11,19H2,1-3H3,(H,20,28)(H,21,24,25). The predicted octanol–water partition coefficient (Wildman–Crippen LogP) is 1.39. The third-order valence-corrected chi connectivity index (χ3v) is 4.36. The summed E-state index contributed by atoms with van der Waals surface area (Å²) in [5, 5.41) is 3.32. The molecule has 0 saturated heterocycles. The molecular weight excluding hydrogens is 382 g/mol. The Hall–Kier alpha value is -2.85. The zero-order valence-corrected chi connectivity index (χ0v) is 17.0. The van der Waals surface area contributed by atoms with Gasteiger partial charge in [-0.3, -0.25) is 14.3 Å². The smallest absolute Gasteiger partial charge is 0.330 e. The van der Waals surface area contributed by atoms with E-state index in [0.29, 0.717) is 31.0 Å². The fourth-order valence-corrected chi connectivity index (χ4v) is 2.95. The van der Waals surface area contributed by atoms with Crippen LogP contribution in [0.3, 0.4) is 0 Å². The molecule has 0 unspecified atom stereocenters. The molecule has 2 rings (SSSR count). The highest BCUT2D eigenvalue weighted by Crippen LogP contribution is 2.20. The molecule has 0 spiro atoms. The number of thiocarbonyl (C=S) groups is 1. The van der Waals surface area contributed by atoms with Gasteiger partial charge in [-0.2, -0.15) is 0 Å². The van der Waals surface area contributed by atoms with Gasteiger partial charge in [0.2, 0.25) is 0 Å². The van der Waals surface area contributed by atoms with Gasteiger partial charge in [-0.15, -0.1) is 0 Å². The largest absolute Gasteiger partial charge is 0.497 e. The first kappa shape index (κ1) is 21.5. The summed E-state index contributed by atoms with van der Waals surface area (Å²) in [4.78, 5) is 28.5. The molecule has 0 bridgehead atoms. The highest BCUT2D eigenvalue weighted by molar-refractivity contribution is 7.80. The molecular formula is C18H25N5O4S. The molecule has 152 valence electrons. The minimum absolute atomic E-state index is 0.0607. The van der Waals surface area contributed by atoms with Gasteiger partial charge in [0.1, 0.15) is 11.6 Å². The number of ether oxygens (including phenoxy) is 2. The van der Waals surface area contributed by atoms with Gasteiger partial charge in [0.15, 0.2) is 10.8 Å². The molecule has 0 atom stereocenters. The van der Waals surface area contributed by atoms with E-state index in [2.05, 4.69) is 10.3 Å². The molecule has 28 heavy (non-hydrogen) atoms. The Labute approximate surface area is 168 Å². The van der Waals surface area contributed by atoms with E-state index in [0.717, 1.165) is 0 Å². The number of hydrogen-bond donors (Lipinski definition) is 3. The van der Waals surface area contributed by atoms with E-state index in [9.17, 15) is 9.59 Å². The Balaban J connectivity index is 2.42. The molecule has 0 aliphatic heterocycles. The summed E-state index contributed by atoms with van der Waals surface area (Å²) in [6.45, 7) is 2.87. The number of nitrogens with two attached hydrogens (primary N) is 1. The zero-order chi connectivity index (χ0) is 20.7. The van der Waals surface area contributed by atoms with Gasteiger partial charge in [-0.25, -0.2) is 4.79 Å². The number of hydrogen-bond acceptors (Lipinski definition) is 6. The first-order valence-electron chi connectivity index (χ1n) is 8.77. The van der Waals surface area contributed by atoms with Crippen LogP contribution in [0.4, 0.5) is 17.2 Å². The van der Waals surface area contributed by atoms with Crippen LogP contribution in [0.25, 0.3) is 0 Å². The van der Waals surface area contributed by atoms with Gasteiger partial charge in [0, 0.05) is 25.9 Å². The van der Waals surface area contributed by atoms with Crippen LogP contribution in [-0.2, 0) is 11.3 Å². The van der Waals surface area contributed by atoms with Crippen molar-refractivity contribution in [2.24, 2.45) is 0 Å². The molecule has 0 saturated carbocycles. The number of nitrogen functional groups attached to an aromatic ring is 1. The SMILES string of the molecule is CCCn1c(N)c(N(CCOC)C(=S)Nc2ccc(OC)cc2)c(=O)[nH]c1=O. The number of benzene rings is 1. The normalized spacial score (nSPS) is 10.5. The maximum Gasteiger partial charge on any atom is 0.330 e. The Morgan fingerprint density at radius 3 is 2.54 bits per heavy atom. The lowest BCUT2D eigenvalue weighted by Gasteiger charge is -2.27. The average Bonchev–Trinajstić information content (AvgIpc) is 2.68. The van der Waals surface area contributed by atoms with Gasteiger partial charge in [0.25, 0.3) is 5.56 Å². The van der Waals surface area contributed by atoms with Crippen molar-refractivity contribution >= 4 is 34.5 Å². The maximum atomic E-state index is 12.5. The van der Waals surface area contributed by atoms with E-state index < -0.39 is 11.2 Å². The lowest BCUT2D eigenvalue weighted by atomic mass is 10.3. The molecule has 0 amide bonds. The number of anilines is 3.